The number of nitrogens with zero attached hydrogens (tertiary/aromatic N) is 1. The molecule has 17 heavy (non-hydrogen) atoms. The molecular weight excluding hydrogens is 232 g/mol. The summed E-state index contributed by atoms with van der Waals surface area (Å²) >= 11 is 1.75. The highest BCUT2D eigenvalue weighted by molar-refractivity contribution is 7.10. The molecule has 3 unspecified atom stereocenters. The van der Waals surface area contributed by atoms with Crippen LogP contribution in [0.1, 0.15) is 36.8 Å². The summed E-state index contributed by atoms with van der Waals surface area (Å²) in [4.78, 5) is 3.51. The predicted molar refractivity (Wildman–Crippen MR) is 74.4 cm³/mol. The Morgan fingerprint density at radius 2 is 2.18 bits per heavy atom. The SMILES string of the molecule is CCC(N)C(c1sccc1C)N(C)C(C)CO. The van der Waals surface area contributed by atoms with Gasteiger partial charge < -0.3 is 10.8 Å². The van der Waals surface area contributed by atoms with Crippen molar-refractivity contribution in [3.8, 4) is 0 Å². The first-order chi connectivity index (χ1) is 8.02. The van der Waals surface area contributed by atoms with E-state index in [1.807, 2.05) is 14.0 Å². The van der Waals surface area contributed by atoms with Crippen LogP contribution in [0.25, 0.3) is 0 Å². The van der Waals surface area contributed by atoms with Crippen LogP contribution in [0.4, 0.5) is 0 Å². The van der Waals surface area contributed by atoms with Crippen LogP contribution in [-0.2, 0) is 0 Å². The molecule has 4 heteroatoms. The minimum atomic E-state index is 0.103. The van der Waals surface area contributed by atoms with Gasteiger partial charge in [-0.05, 0) is 44.3 Å². The summed E-state index contributed by atoms with van der Waals surface area (Å²) in [5.74, 6) is 0. The van der Waals surface area contributed by atoms with Crippen molar-refractivity contribution in [2.24, 2.45) is 5.73 Å². The summed E-state index contributed by atoms with van der Waals surface area (Å²) < 4.78 is 0. The molecule has 0 bridgehead atoms. The van der Waals surface area contributed by atoms with Gasteiger partial charge in [0, 0.05) is 17.0 Å². The van der Waals surface area contributed by atoms with Crippen molar-refractivity contribution in [2.45, 2.75) is 45.3 Å². The van der Waals surface area contributed by atoms with E-state index >= 15 is 0 Å². The molecule has 1 heterocycles. The molecule has 1 aromatic heterocycles. The average molecular weight is 256 g/mol. The van der Waals surface area contributed by atoms with Gasteiger partial charge in [0.1, 0.15) is 0 Å². The molecule has 0 aliphatic carbocycles. The maximum Gasteiger partial charge on any atom is 0.0596 e. The molecule has 3 nitrogen and oxygen atoms in total. The zero-order valence-corrected chi connectivity index (χ0v) is 12.0. The van der Waals surface area contributed by atoms with E-state index in [9.17, 15) is 5.11 Å². The maximum absolute atomic E-state index is 9.30. The number of rotatable bonds is 6. The first kappa shape index (κ1) is 14.6. The Kier molecular flexibility index (Phi) is 5.59. The molecule has 0 radical (unpaired) electrons. The van der Waals surface area contributed by atoms with Crippen LogP contribution in [0.3, 0.4) is 0 Å². The first-order valence-electron chi connectivity index (χ1n) is 6.15. The Morgan fingerprint density at radius 1 is 1.53 bits per heavy atom. The van der Waals surface area contributed by atoms with E-state index < -0.39 is 0 Å². The van der Waals surface area contributed by atoms with Crippen LogP contribution in [-0.4, -0.2) is 35.7 Å². The summed E-state index contributed by atoms with van der Waals surface area (Å²) in [5, 5.41) is 11.4. The third kappa shape index (κ3) is 3.28. The smallest absolute Gasteiger partial charge is 0.0596 e. The number of likely N-dealkylation sites (N-methyl/N-ethyl adjacent to an activating group) is 1. The monoisotopic (exact) mass is 256 g/mol. The number of aliphatic hydroxyl groups is 1. The van der Waals surface area contributed by atoms with E-state index in [2.05, 4.69) is 30.2 Å². The first-order valence-corrected chi connectivity index (χ1v) is 7.03. The molecule has 0 saturated heterocycles. The molecule has 0 aliphatic heterocycles. The van der Waals surface area contributed by atoms with Gasteiger partial charge in [0.05, 0.1) is 12.6 Å². The molecule has 0 spiro atoms. The number of nitrogens with two attached hydrogens (primary N) is 1. The molecular formula is C13H24N2OS. The van der Waals surface area contributed by atoms with Gasteiger partial charge in [0.2, 0.25) is 0 Å². The van der Waals surface area contributed by atoms with Crippen molar-refractivity contribution < 1.29 is 5.11 Å². The lowest BCUT2D eigenvalue weighted by Crippen LogP contribution is -2.44. The lowest BCUT2D eigenvalue weighted by Gasteiger charge is -2.35. The fraction of sp³-hybridized carbons (Fsp3) is 0.692. The second-order valence-electron chi connectivity index (χ2n) is 4.68. The Labute approximate surface area is 108 Å². The average Bonchev–Trinajstić information content (AvgIpc) is 2.74. The van der Waals surface area contributed by atoms with Crippen LogP contribution in [0.2, 0.25) is 0 Å². The fourth-order valence-corrected chi connectivity index (χ4v) is 3.15. The van der Waals surface area contributed by atoms with Crippen molar-refractivity contribution in [1.82, 2.24) is 4.90 Å². The fourth-order valence-electron chi connectivity index (χ4n) is 2.00. The molecule has 0 saturated carbocycles. The van der Waals surface area contributed by atoms with Gasteiger partial charge >= 0.3 is 0 Å². The topological polar surface area (TPSA) is 49.5 Å². The molecule has 1 aromatic rings. The third-order valence-corrected chi connectivity index (χ3v) is 4.54. The second-order valence-corrected chi connectivity index (χ2v) is 5.63. The van der Waals surface area contributed by atoms with Crippen molar-refractivity contribution in [1.29, 1.82) is 0 Å². The van der Waals surface area contributed by atoms with Gasteiger partial charge in [-0.15, -0.1) is 11.3 Å². The molecule has 0 amide bonds. The number of thiophene rings is 1. The number of aliphatic hydroxyl groups excluding tert-OH is 1. The van der Waals surface area contributed by atoms with Crippen molar-refractivity contribution in [2.75, 3.05) is 13.7 Å². The van der Waals surface area contributed by atoms with Gasteiger partial charge in [-0.3, -0.25) is 4.90 Å². The van der Waals surface area contributed by atoms with Gasteiger partial charge in [-0.25, -0.2) is 0 Å². The summed E-state index contributed by atoms with van der Waals surface area (Å²) in [6.07, 6.45) is 0.935. The van der Waals surface area contributed by atoms with Crippen LogP contribution >= 0.6 is 11.3 Å². The Bertz CT molecular complexity index is 340. The lowest BCUT2D eigenvalue weighted by molar-refractivity contribution is 0.107. The Morgan fingerprint density at radius 3 is 2.59 bits per heavy atom. The van der Waals surface area contributed by atoms with Gasteiger partial charge in [-0.1, -0.05) is 6.92 Å². The Balaban J connectivity index is 3.00. The zero-order valence-electron chi connectivity index (χ0n) is 11.2. The number of hydrogen-bond donors (Lipinski definition) is 2. The minimum Gasteiger partial charge on any atom is -0.395 e. The molecule has 98 valence electrons. The number of hydrogen-bond acceptors (Lipinski definition) is 4. The van der Waals surface area contributed by atoms with E-state index in [1.165, 1.54) is 10.4 Å². The third-order valence-electron chi connectivity index (χ3n) is 3.45. The highest BCUT2D eigenvalue weighted by atomic mass is 32.1. The van der Waals surface area contributed by atoms with E-state index in [0.717, 1.165) is 6.42 Å². The summed E-state index contributed by atoms with van der Waals surface area (Å²) in [5.41, 5.74) is 7.55. The van der Waals surface area contributed by atoms with Gasteiger partial charge in [0.15, 0.2) is 0 Å². The Hall–Kier alpha value is -0.420. The molecule has 3 atom stereocenters. The second kappa shape index (κ2) is 6.50. The predicted octanol–water partition coefficient (Wildman–Crippen LogP) is 2.15. The molecule has 0 fully saturated rings. The summed E-state index contributed by atoms with van der Waals surface area (Å²) in [6.45, 7) is 6.42. The molecule has 1 rings (SSSR count). The van der Waals surface area contributed by atoms with Crippen molar-refractivity contribution >= 4 is 11.3 Å². The standard InChI is InChI=1S/C13H24N2OS/c1-5-11(14)12(15(4)10(3)8-16)13-9(2)6-7-17-13/h6-7,10-12,16H,5,8,14H2,1-4H3. The zero-order chi connectivity index (χ0) is 13.0. The molecule has 3 N–H and O–H groups in total. The van der Waals surface area contributed by atoms with Gasteiger partial charge in [0.25, 0.3) is 0 Å². The van der Waals surface area contributed by atoms with Crippen LogP contribution < -0.4 is 5.73 Å². The van der Waals surface area contributed by atoms with Crippen molar-refractivity contribution in [3.63, 3.8) is 0 Å². The highest BCUT2D eigenvalue weighted by Crippen LogP contribution is 2.32. The van der Waals surface area contributed by atoms with Crippen LogP contribution in [0.15, 0.2) is 11.4 Å². The lowest BCUT2D eigenvalue weighted by atomic mass is 10.00. The number of aryl methyl sites for hydroxylation is 1. The normalized spacial score (nSPS) is 17.1. The van der Waals surface area contributed by atoms with Crippen molar-refractivity contribution in [3.05, 3.63) is 21.9 Å². The van der Waals surface area contributed by atoms with E-state index in [1.54, 1.807) is 11.3 Å². The summed E-state index contributed by atoms with van der Waals surface area (Å²) in [6, 6.07) is 2.56. The van der Waals surface area contributed by atoms with E-state index in [-0.39, 0.29) is 24.7 Å². The highest BCUT2D eigenvalue weighted by Gasteiger charge is 2.28. The summed E-state index contributed by atoms with van der Waals surface area (Å²) in [7, 11) is 2.04. The maximum atomic E-state index is 9.30. The largest absolute Gasteiger partial charge is 0.395 e. The molecule has 0 aliphatic rings. The van der Waals surface area contributed by atoms with Gasteiger partial charge in [-0.2, -0.15) is 0 Å². The molecule has 0 aromatic carbocycles. The van der Waals surface area contributed by atoms with E-state index in [0.29, 0.717) is 0 Å². The van der Waals surface area contributed by atoms with Crippen LogP contribution in [0.5, 0.6) is 0 Å². The minimum absolute atomic E-state index is 0.103. The van der Waals surface area contributed by atoms with Crippen LogP contribution in [0, 0.1) is 6.92 Å². The van der Waals surface area contributed by atoms with E-state index in [4.69, 9.17) is 5.73 Å². The quantitative estimate of drug-likeness (QED) is 0.820.